The zero-order chi connectivity index (χ0) is 13.4. The van der Waals surface area contributed by atoms with Gasteiger partial charge >= 0.3 is 0 Å². The smallest absolute Gasteiger partial charge is 0.129 e. The highest BCUT2D eigenvalue weighted by Gasteiger charge is 2.13. The number of rotatable bonds is 2. The normalized spacial score (nSPS) is 11.1. The molecule has 0 amide bonds. The average molecular weight is 291 g/mol. The zero-order valence-electron chi connectivity index (χ0n) is 10.4. The van der Waals surface area contributed by atoms with Crippen molar-refractivity contribution >= 4 is 34.2 Å². The Morgan fingerprint density at radius 1 is 1.16 bits per heavy atom. The van der Waals surface area contributed by atoms with Crippen LogP contribution in [0.5, 0.6) is 0 Å². The summed E-state index contributed by atoms with van der Waals surface area (Å²) in [5.74, 6) is 1.15. The van der Waals surface area contributed by atoms with Gasteiger partial charge in [0.25, 0.3) is 0 Å². The fraction of sp³-hybridized carbons (Fsp3) is 0.133. The maximum Gasteiger partial charge on any atom is 0.129 e. The van der Waals surface area contributed by atoms with Crippen molar-refractivity contribution < 1.29 is 0 Å². The third-order valence-electron chi connectivity index (χ3n) is 3.09. The van der Waals surface area contributed by atoms with Gasteiger partial charge in [0.1, 0.15) is 5.82 Å². The Kier molecular flexibility index (Phi) is 3.21. The molecule has 1 aromatic heterocycles. The van der Waals surface area contributed by atoms with Crippen molar-refractivity contribution in [1.29, 1.82) is 0 Å². The largest absolute Gasteiger partial charge is 0.294 e. The minimum absolute atomic E-state index is 0.346. The number of alkyl halides is 1. The lowest BCUT2D eigenvalue weighted by molar-refractivity contribution is 0.982. The molecule has 1 heterocycles. The molecule has 0 radical (unpaired) electrons. The molecule has 3 rings (SSSR count). The van der Waals surface area contributed by atoms with E-state index in [1.807, 2.05) is 41.0 Å². The van der Waals surface area contributed by atoms with Crippen LogP contribution >= 0.6 is 23.2 Å². The maximum absolute atomic E-state index is 6.29. The lowest BCUT2D eigenvalue weighted by Crippen LogP contribution is -2.00. The Bertz CT molecular complexity index is 747. The monoisotopic (exact) mass is 290 g/mol. The van der Waals surface area contributed by atoms with Gasteiger partial charge in [-0.25, -0.2) is 4.98 Å². The molecule has 0 unspecified atom stereocenters. The van der Waals surface area contributed by atoms with E-state index in [0.717, 1.165) is 22.5 Å². The zero-order valence-corrected chi connectivity index (χ0v) is 11.9. The Labute approximate surface area is 121 Å². The molecule has 96 valence electrons. The molecule has 0 saturated heterocycles. The average Bonchev–Trinajstić information content (AvgIpc) is 2.77. The molecule has 0 bridgehead atoms. The van der Waals surface area contributed by atoms with Gasteiger partial charge in [-0.15, -0.1) is 11.6 Å². The molecule has 2 aromatic carbocycles. The fourth-order valence-electron chi connectivity index (χ4n) is 2.23. The SMILES string of the molecule is Cc1ccc2nc(CCl)n(-c3ccccc3Cl)c2c1. The summed E-state index contributed by atoms with van der Waals surface area (Å²) in [6, 6.07) is 13.9. The van der Waals surface area contributed by atoms with Crippen LogP contribution < -0.4 is 0 Å². The first-order valence-corrected chi connectivity index (χ1v) is 6.91. The van der Waals surface area contributed by atoms with Crippen LogP contribution in [0.1, 0.15) is 11.4 Å². The lowest BCUT2D eigenvalue weighted by Gasteiger charge is -2.09. The van der Waals surface area contributed by atoms with E-state index in [-0.39, 0.29) is 0 Å². The van der Waals surface area contributed by atoms with E-state index in [1.54, 1.807) is 0 Å². The first-order chi connectivity index (χ1) is 9.20. The van der Waals surface area contributed by atoms with Gasteiger partial charge in [0, 0.05) is 0 Å². The summed E-state index contributed by atoms with van der Waals surface area (Å²) >= 11 is 12.3. The highest BCUT2D eigenvalue weighted by atomic mass is 35.5. The molecule has 0 atom stereocenters. The highest BCUT2D eigenvalue weighted by Crippen LogP contribution is 2.27. The van der Waals surface area contributed by atoms with E-state index < -0.39 is 0 Å². The number of para-hydroxylation sites is 1. The van der Waals surface area contributed by atoms with Crippen molar-refractivity contribution in [1.82, 2.24) is 9.55 Å². The molecule has 0 aliphatic carbocycles. The van der Waals surface area contributed by atoms with E-state index >= 15 is 0 Å². The fourth-order valence-corrected chi connectivity index (χ4v) is 2.63. The third kappa shape index (κ3) is 2.11. The van der Waals surface area contributed by atoms with Gasteiger partial charge in [-0.05, 0) is 36.8 Å². The number of hydrogen-bond acceptors (Lipinski definition) is 1. The molecule has 0 saturated carbocycles. The maximum atomic E-state index is 6.29. The van der Waals surface area contributed by atoms with Crippen LogP contribution in [0.4, 0.5) is 0 Å². The molecule has 0 aliphatic rings. The van der Waals surface area contributed by atoms with E-state index in [2.05, 4.69) is 18.0 Å². The Balaban J connectivity index is 2.38. The lowest BCUT2D eigenvalue weighted by atomic mass is 10.2. The second-order valence-corrected chi connectivity index (χ2v) is 5.12. The summed E-state index contributed by atoms with van der Waals surface area (Å²) in [5, 5.41) is 0.690. The molecule has 0 fully saturated rings. The van der Waals surface area contributed by atoms with Crippen molar-refractivity contribution in [2.24, 2.45) is 0 Å². The summed E-state index contributed by atoms with van der Waals surface area (Å²) in [4.78, 5) is 4.56. The van der Waals surface area contributed by atoms with Gasteiger partial charge in [0.15, 0.2) is 0 Å². The van der Waals surface area contributed by atoms with E-state index in [4.69, 9.17) is 23.2 Å². The molecule has 0 aliphatic heterocycles. The second kappa shape index (κ2) is 4.87. The quantitative estimate of drug-likeness (QED) is 0.624. The number of aryl methyl sites for hydroxylation is 1. The molecule has 2 nitrogen and oxygen atoms in total. The summed E-state index contributed by atoms with van der Waals surface area (Å²) < 4.78 is 2.03. The molecular formula is C15H12Cl2N2. The van der Waals surface area contributed by atoms with Crippen molar-refractivity contribution in [3.05, 3.63) is 58.9 Å². The Hall–Kier alpha value is -1.51. The van der Waals surface area contributed by atoms with E-state index in [9.17, 15) is 0 Å². The van der Waals surface area contributed by atoms with Gasteiger partial charge in [0.2, 0.25) is 0 Å². The molecule has 0 N–H and O–H groups in total. The highest BCUT2D eigenvalue weighted by molar-refractivity contribution is 6.32. The van der Waals surface area contributed by atoms with Crippen LogP contribution in [0.25, 0.3) is 16.7 Å². The minimum Gasteiger partial charge on any atom is -0.294 e. The number of imidazole rings is 1. The molecule has 19 heavy (non-hydrogen) atoms. The minimum atomic E-state index is 0.346. The first kappa shape index (κ1) is 12.5. The number of aromatic nitrogens is 2. The van der Waals surface area contributed by atoms with Crippen LogP contribution in [0, 0.1) is 6.92 Å². The summed E-state index contributed by atoms with van der Waals surface area (Å²) in [5.41, 5.74) is 4.06. The topological polar surface area (TPSA) is 17.8 Å². The summed E-state index contributed by atoms with van der Waals surface area (Å²) in [6.07, 6.45) is 0. The van der Waals surface area contributed by atoms with Crippen molar-refractivity contribution in [3.8, 4) is 5.69 Å². The van der Waals surface area contributed by atoms with Crippen LogP contribution in [-0.2, 0) is 5.88 Å². The van der Waals surface area contributed by atoms with Crippen molar-refractivity contribution in [2.45, 2.75) is 12.8 Å². The molecular weight excluding hydrogens is 279 g/mol. The Morgan fingerprint density at radius 3 is 2.68 bits per heavy atom. The summed E-state index contributed by atoms with van der Waals surface area (Å²) in [6.45, 7) is 2.06. The number of halogens is 2. The first-order valence-electron chi connectivity index (χ1n) is 5.99. The van der Waals surface area contributed by atoms with Gasteiger partial charge < -0.3 is 0 Å². The predicted molar refractivity (Wildman–Crippen MR) is 80.4 cm³/mol. The van der Waals surface area contributed by atoms with Crippen molar-refractivity contribution in [2.75, 3.05) is 0 Å². The second-order valence-electron chi connectivity index (χ2n) is 4.44. The number of nitrogens with zero attached hydrogens (tertiary/aromatic N) is 2. The summed E-state index contributed by atoms with van der Waals surface area (Å²) in [7, 11) is 0. The number of fused-ring (bicyclic) bond motifs is 1. The van der Waals surface area contributed by atoms with E-state index in [0.29, 0.717) is 10.9 Å². The number of benzene rings is 2. The predicted octanol–water partition coefficient (Wildman–Crippen LogP) is 4.73. The Morgan fingerprint density at radius 2 is 1.95 bits per heavy atom. The van der Waals surface area contributed by atoms with Gasteiger partial charge in [-0.3, -0.25) is 4.57 Å². The van der Waals surface area contributed by atoms with Crippen LogP contribution in [0.15, 0.2) is 42.5 Å². The standard InChI is InChI=1S/C15H12Cl2N2/c1-10-6-7-12-14(8-10)19(15(9-16)18-12)13-5-3-2-4-11(13)17/h2-8H,9H2,1H3. The van der Waals surface area contributed by atoms with Gasteiger partial charge in [-0.2, -0.15) is 0 Å². The van der Waals surface area contributed by atoms with Crippen LogP contribution in [0.3, 0.4) is 0 Å². The van der Waals surface area contributed by atoms with Gasteiger partial charge in [-0.1, -0.05) is 29.8 Å². The van der Waals surface area contributed by atoms with Crippen LogP contribution in [-0.4, -0.2) is 9.55 Å². The molecule has 4 heteroatoms. The molecule has 0 spiro atoms. The van der Waals surface area contributed by atoms with Gasteiger partial charge in [0.05, 0.1) is 27.6 Å². The van der Waals surface area contributed by atoms with Crippen molar-refractivity contribution in [3.63, 3.8) is 0 Å². The molecule has 3 aromatic rings. The third-order valence-corrected chi connectivity index (χ3v) is 3.65. The van der Waals surface area contributed by atoms with E-state index in [1.165, 1.54) is 5.56 Å². The van der Waals surface area contributed by atoms with Crippen LogP contribution in [0.2, 0.25) is 5.02 Å². The number of hydrogen-bond donors (Lipinski definition) is 0.